The van der Waals surface area contributed by atoms with Gasteiger partial charge in [0.1, 0.15) is 11.5 Å². The molecule has 4 aromatic rings. The highest BCUT2D eigenvalue weighted by Gasteiger charge is 2.22. The van der Waals surface area contributed by atoms with Gasteiger partial charge in [-0.2, -0.15) is 0 Å². The number of ketones is 1. The fraction of sp³-hybridized carbons (Fsp3) is 0.273. The standard InChI is InChI=1S/C33H34N2O3/c1-24(36)31-17-19-35(22-27-9-5-3-6-10-27)23-29(31)21-26-13-15-30(16-14-26)37-20-18-32-25(2)38-33(34-32)28-11-7-4-8-12-28/h3-16H,17-23H2,1-2H3. The number of nitrogens with zero attached hydrogens (tertiary/aromatic N) is 2. The Bertz CT molecular complexity index is 1390. The van der Waals surface area contributed by atoms with Gasteiger partial charge >= 0.3 is 0 Å². The van der Waals surface area contributed by atoms with Crippen LogP contribution in [0.25, 0.3) is 11.5 Å². The second-order valence-electron chi connectivity index (χ2n) is 9.89. The summed E-state index contributed by atoms with van der Waals surface area (Å²) in [5.74, 6) is 2.49. The molecule has 0 aliphatic carbocycles. The molecule has 2 heterocycles. The van der Waals surface area contributed by atoms with Crippen LogP contribution in [0.1, 0.15) is 35.9 Å². The van der Waals surface area contributed by atoms with Crippen LogP contribution in [0.5, 0.6) is 5.75 Å². The number of rotatable bonds is 10. The molecule has 0 bridgehead atoms. The van der Waals surface area contributed by atoms with E-state index < -0.39 is 0 Å². The van der Waals surface area contributed by atoms with Gasteiger partial charge in [-0.25, -0.2) is 4.98 Å². The van der Waals surface area contributed by atoms with Crippen molar-refractivity contribution in [2.45, 2.75) is 39.7 Å². The summed E-state index contributed by atoms with van der Waals surface area (Å²) in [4.78, 5) is 19.4. The summed E-state index contributed by atoms with van der Waals surface area (Å²) >= 11 is 0. The molecule has 0 saturated heterocycles. The largest absolute Gasteiger partial charge is 0.493 e. The first-order chi connectivity index (χ1) is 18.5. The number of carbonyl (C=O) groups is 1. The van der Waals surface area contributed by atoms with E-state index in [1.807, 2.05) is 55.5 Å². The van der Waals surface area contributed by atoms with Crippen molar-refractivity contribution in [3.05, 3.63) is 119 Å². The average molecular weight is 507 g/mol. The Morgan fingerprint density at radius 2 is 1.66 bits per heavy atom. The Balaban J connectivity index is 1.17. The van der Waals surface area contributed by atoms with E-state index >= 15 is 0 Å². The summed E-state index contributed by atoms with van der Waals surface area (Å²) in [6.07, 6.45) is 2.27. The Labute approximate surface area is 224 Å². The fourth-order valence-corrected chi connectivity index (χ4v) is 5.03. The van der Waals surface area contributed by atoms with E-state index in [1.54, 1.807) is 6.92 Å². The van der Waals surface area contributed by atoms with Crippen LogP contribution in [0.3, 0.4) is 0 Å². The lowest BCUT2D eigenvalue weighted by atomic mass is 9.92. The highest BCUT2D eigenvalue weighted by molar-refractivity contribution is 5.94. The molecule has 1 aliphatic heterocycles. The number of oxazole rings is 1. The van der Waals surface area contributed by atoms with E-state index in [2.05, 4.69) is 46.3 Å². The van der Waals surface area contributed by atoms with E-state index in [9.17, 15) is 4.79 Å². The minimum Gasteiger partial charge on any atom is -0.493 e. The third-order valence-electron chi connectivity index (χ3n) is 7.06. The van der Waals surface area contributed by atoms with E-state index in [-0.39, 0.29) is 5.78 Å². The van der Waals surface area contributed by atoms with Crippen molar-refractivity contribution in [1.82, 2.24) is 9.88 Å². The van der Waals surface area contributed by atoms with Crippen molar-refractivity contribution in [1.29, 1.82) is 0 Å². The third kappa shape index (κ3) is 6.48. The molecule has 0 unspecified atom stereocenters. The average Bonchev–Trinajstić information content (AvgIpc) is 3.31. The number of aryl methyl sites for hydroxylation is 1. The first kappa shape index (κ1) is 25.7. The Morgan fingerprint density at radius 1 is 0.947 bits per heavy atom. The van der Waals surface area contributed by atoms with Crippen molar-refractivity contribution < 1.29 is 13.9 Å². The molecular formula is C33H34N2O3. The van der Waals surface area contributed by atoms with Gasteiger partial charge in [0, 0.05) is 31.6 Å². The van der Waals surface area contributed by atoms with E-state index in [0.29, 0.717) is 18.9 Å². The lowest BCUT2D eigenvalue weighted by molar-refractivity contribution is -0.114. The fourth-order valence-electron chi connectivity index (χ4n) is 5.03. The SMILES string of the molecule is CC(=O)C1=C(Cc2ccc(OCCc3nc(-c4ccccc4)oc3C)cc2)CN(Cc2ccccc2)CC1. The number of aromatic nitrogens is 1. The van der Waals surface area contributed by atoms with Crippen LogP contribution < -0.4 is 4.74 Å². The summed E-state index contributed by atoms with van der Waals surface area (Å²) in [6.45, 7) is 6.80. The van der Waals surface area contributed by atoms with Crippen LogP contribution in [0, 0.1) is 6.92 Å². The van der Waals surface area contributed by atoms with Crippen LogP contribution in [0.2, 0.25) is 0 Å². The number of Topliss-reactive ketones (excluding diaryl/α,β-unsaturated/α-hetero) is 1. The van der Waals surface area contributed by atoms with Crippen LogP contribution in [0.15, 0.2) is 100 Å². The maximum absolute atomic E-state index is 12.4. The van der Waals surface area contributed by atoms with Gasteiger partial charge < -0.3 is 9.15 Å². The maximum atomic E-state index is 12.4. The van der Waals surface area contributed by atoms with Crippen LogP contribution in [-0.4, -0.2) is 35.4 Å². The normalized spacial score (nSPS) is 14.1. The van der Waals surface area contributed by atoms with Crippen LogP contribution >= 0.6 is 0 Å². The summed E-state index contributed by atoms with van der Waals surface area (Å²) in [6, 6.07) is 28.7. The molecule has 194 valence electrons. The first-order valence-electron chi connectivity index (χ1n) is 13.3. The summed E-state index contributed by atoms with van der Waals surface area (Å²) in [5, 5.41) is 0. The molecule has 0 N–H and O–H groups in total. The van der Waals surface area contributed by atoms with E-state index in [1.165, 1.54) is 16.7 Å². The Kier molecular flexibility index (Phi) is 8.15. The zero-order chi connectivity index (χ0) is 26.3. The van der Waals surface area contributed by atoms with Crippen molar-refractivity contribution in [2.24, 2.45) is 0 Å². The van der Waals surface area contributed by atoms with Gasteiger partial charge in [0.25, 0.3) is 0 Å². The second kappa shape index (κ2) is 12.1. The number of hydrogen-bond donors (Lipinski definition) is 0. The molecule has 5 nitrogen and oxygen atoms in total. The molecule has 0 radical (unpaired) electrons. The van der Waals surface area contributed by atoms with Gasteiger partial charge in [0.05, 0.1) is 12.3 Å². The molecular weight excluding hydrogens is 472 g/mol. The van der Waals surface area contributed by atoms with Crippen molar-refractivity contribution in [2.75, 3.05) is 19.7 Å². The summed E-state index contributed by atoms with van der Waals surface area (Å²) < 4.78 is 11.9. The number of carbonyl (C=O) groups excluding carboxylic acids is 1. The van der Waals surface area contributed by atoms with Crippen molar-refractivity contribution >= 4 is 5.78 Å². The zero-order valence-electron chi connectivity index (χ0n) is 22.2. The van der Waals surface area contributed by atoms with Gasteiger partial charge in [-0.15, -0.1) is 0 Å². The van der Waals surface area contributed by atoms with Crippen molar-refractivity contribution in [3.8, 4) is 17.2 Å². The Morgan fingerprint density at radius 3 is 2.37 bits per heavy atom. The summed E-state index contributed by atoms with van der Waals surface area (Å²) in [5.41, 5.74) is 6.60. The molecule has 0 fully saturated rings. The topological polar surface area (TPSA) is 55.6 Å². The van der Waals surface area contributed by atoms with Gasteiger partial charge in [-0.1, -0.05) is 60.7 Å². The van der Waals surface area contributed by atoms with E-state index in [4.69, 9.17) is 9.15 Å². The summed E-state index contributed by atoms with van der Waals surface area (Å²) in [7, 11) is 0. The molecule has 0 spiro atoms. The smallest absolute Gasteiger partial charge is 0.226 e. The van der Waals surface area contributed by atoms with Gasteiger partial charge in [-0.3, -0.25) is 9.69 Å². The highest BCUT2D eigenvalue weighted by Crippen LogP contribution is 2.25. The number of hydrogen-bond acceptors (Lipinski definition) is 5. The molecule has 0 saturated carbocycles. The first-order valence-corrected chi connectivity index (χ1v) is 13.3. The minimum atomic E-state index is 0.192. The predicted molar refractivity (Wildman–Crippen MR) is 150 cm³/mol. The molecule has 1 aromatic heterocycles. The van der Waals surface area contributed by atoms with Crippen LogP contribution in [-0.2, 0) is 24.2 Å². The highest BCUT2D eigenvalue weighted by atomic mass is 16.5. The van der Waals surface area contributed by atoms with Crippen LogP contribution in [0.4, 0.5) is 0 Å². The third-order valence-corrected chi connectivity index (χ3v) is 7.06. The molecule has 3 aromatic carbocycles. The molecule has 0 amide bonds. The monoisotopic (exact) mass is 506 g/mol. The van der Waals surface area contributed by atoms with Gasteiger partial charge in [-0.05, 0) is 73.2 Å². The molecule has 5 heteroatoms. The molecule has 38 heavy (non-hydrogen) atoms. The quantitative estimate of drug-likeness (QED) is 0.242. The zero-order valence-corrected chi connectivity index (χ0v) is 22.2. The lowest BCUT2D eigenvalue weighted by Gasteiger charge is -2.30. The van der Waals surface area contributed by atoms with Crippen molar-refractivity contribution in [3.63, 3.8) is 0 Å². The van der Waals surface area contributed by atoms with E-state index in [0.717, 1.165) is 60.8 Å². The molecule has 0 atom stereocenters. The van der Waals surface area contributed by atoms with Gasteiger partial charge in [0.2, 0.25) is 5.89 Å². The molecule has 5 rings (SSSR count). The predicted octanol–water partition coefficient (Wildman–Crippen LogP) is 6.61. The molecule has 1 aliphatic rings. The lowest BCUT2D eigenvalue weighted by Crippen LogP contribution is -2.33. The Hall–Kier alpha value is -3.96. The number of benzene rings is 3. The maximum Gasteiger partial charge on any atom is 0.226 e. The second-order valence-corrected chi connectivity index (χ2v) is 9.89. The minimum absolute atomic E-state index is 0.192. The van der Waals surface area contributed by atoms with Gasteiger partial charge in [0.15, 0.2) is 5.78 Å². The number of ether oxygens (including phenoxy) is 1.